The number of benzene rings is 1. The predicted molar refractivity (Wildman–Crippen MR) is 73.1 cm³/mol. The van der Waals surface area contributed by atoms with Gasteiger partial charge in [-0.2, -0.15) is 0 Å². The van der Waals surface area contributed by atoms with Crippen molar-refractivity contribution in [3.05, 3.63) is 23.5 Å². The van der Waals surface area contributed by atoms with Crippen molar-refractivity contribution in [1.82, 2.24) is 10.3 Å². The van der Waals surface area contributed by atoms with E-state index in [1.54, 1.807) is 19.1 Å². The number of anilines is 1. The molecule has 1 N–H and O–H groups in total. The molecule has 0 aliphatic rings. The quantitative estimate of drug-likeness (QED) is 0.895. The van der Waals surface area contributed by atoms with Gasteiger partial charge in [-0.15, -0.1) is 0 Å². The molecule has 1 amide bonds. The average molecular weight is 293 g/mol. The van der Waals surface area contributed by atoms with Crippen molar-refractivity contribution in [1.29, 1.82) is 0 Å². The first-order chi connectivity index (χ1) is 10.1. The highest BCUT2D eigenvalue weighted by atomic mass is 16.6. The lowest BCUT2D eigenvalue weighted by atomic mass is 10.2. The topological polar surface area (TPSA) is 95.7 Å². The molecule has 1 heterocycles. The maximum absolute atomic E-state index is 12.1. The van der Waals surface area contributed by atoms with Crippen LogP contribution >= 0.6 is 0 Å². The number of hydrogen-bond acceptors (Lipinski definition) is 7. The first-order valence-corrected chi connectivity index (χ1v) is 6.01. The van der Waals surface area contributed by atoms with Crippen LogP contribution in [0.5, 0.6) is 17.2 Å². The zero-order valence-electron chi connectivity index (χ0n) is 12.1. The fourth-order valence-electron chi connectivity index (χ4n) is 1.78. The molecule has 1 aromatic carbocycles. The highest BCUT2D eigenvalue weighted by Crippen LogP contribution is 2.39. The number of rotatable bonds is 5. The van der Waals surface area contributed by atoms with Crippen molar-refractivity contribution >= 4 is 11.6 Å². The number of carbonyl (C=O) groups excluding carboxylic acids is 1. The minimum Gasteiger partial charge on any atom is -0.493 e. The van der Waals surface area contributed by atoms with Gasteiger partial charge in [0.15, 0.2) is 17.2 Å². The summed E-state index contributed by atoms with van der Waals surface area (Å²) in [4.78, 5) is 12.1. The van der Waals surface area contributed by atoms with Crippen LogP contribution in [0.3, 0.4) is 0 Å². The third-order valence-corrected chi connectivity index (χ3v) is 2.79. The number of methoxy groups -OCH3 is 3. The number of aromatic nitrogens is 2. The lowest BCUT2D eigenvalue weighted by molar-refractivity contribution is 0.101. The Labute approximate surface area is 121 Å². The second-order valence-electron chi connectivity index (χ2n) is 4.07. The Balaban J connectivity index is 2.32. The van der Waals surface area contributed by atoms with Crippen LogP contribution in [-0.4, -0.2) is 37.5 Å². The van der Waals surface area contributed by atoms with Crippen LogP contribution in [0.15, 0.2) is 16.8 Å². The van der Waals surface area contributed by atoms with Gasteiger partial charge in [-0.3, -0.25) is 4.79 Å². The minimum atomic E-state index is -0.442. The van der Waals surface area contributed by atoms with Gasteiger partial charge in [0.1, 0.15) is 5.69 Å². The van der Waals surface area contributed by atoms with Gasteiger partial charge in [-0.1, -0.05) is 5.16 Å². The third kappa shape index (κ3) is 2.88. The monoisotopic (exact) mass is 293 g/mol. The van der Waals surface area contributed by atoms with Crippen LogP contribution in [0, 0.1) is 6.92 Å². The molecule has 112 valence electrons. The van der Waals surface area contributed by atoms with Gasteiger partial charge in [0.2, 0.25) is 5.75 Å². The van der Waals surface area contributed by atoms with Gasteiger partial charge in [-0.25, -0.2) is 4.63 Å². The number of ether oxygens (including phenoxy) is 3. The SMILES string of the molecule is COc1cc(NC(=O)c2nonc2C)cc(OC)c1OC. The second-order valence-corrected chi connectivity index (χ2v) is 4.07. The largest absolute Gasteiger partial charge is 0.493 e. The molecule has 8 heteroatoms. The van der Waals surface area contributed by atoms with E-state index in [0.717, 1.165) is 0 Å². The molecular formula is C13H15N3O5. The fraction of sp³-hybridized carbons (Fsp3) is 0.308. The van der Waals surface area contributed by atoms with E-state index in [1.165, 1.54) is 21.3 Å². The van der Waals surface area contributed by atoms with Crippen molar-refractivity contribution in [3.8, 4) is 17.2 Å². The summed E-state index contributed by atoms with van der Waals surface area (Å²) in [6, 6.07) is 3.23. The van der Waals surface area contributed by atoms with Crippen LogP contribution in [0.4, 0.5) is 5.69 Å². The molecule has 2 rings (SSSR count). The molecule has 1 aromatic heterocycles. The summed E-state index contributed by atoms with van der Waals surface area (Å²) in [5, 5.41) is 9.77. The van der Waals surface area contributed by atoms with E-state index in [2.05, 4.69) is 20.3 Å². The van der Waals surface area contributed by atoms with Crippen LogP contribution in [0.1, 0.15) is 16.2 Å². The Morgan fingerprint density at radius 3 is 2.14 bits per heavy atom. The summed E-state index contributed by atoms with van der Waals surface area (Å²) in [5.41, 5.74) is 0.987. The molecule has 0 saturated carbocycles. The molecular weight excluding hydrogens is 278 g/mol. The van der Waals surface area contributed by atoms with E-state index >= 15 is 0 Å². The molecule has 8 nitrogen and oxygen atoms in total. The van der Waals surface area contributed by atoms with Crippen LogP contribution in [0.25, 0.3) is 0 Å². The molecule has 0 bridgehead atoms. The van der Waals surface area contributed by atoms with Crippen LogP contribution < -0.4 is 19.5 Å². The van der Waals surface area contributed by atoms with Gasteiger partial charge in [-0.05, 0) is 12.1 Å². The van der Waals surface area contributed by atoms with Crippen molar-refractivity contribution in [3.63, 3.8) is 0 Å². The van der Waals surface area contributed by atoms with E-state index < -0.39 is 5.91 Å². The van der Waals surface area contributed by atoms with E-state index in [1.807, 2.05) is 0 Å². The highest BCUT2D eigenvalue weighted by molar-refractivity contribution is 6.03. The molecule has 0 aliphatic heterocycles. The first kappa shape index (κ1) is 14.6. The Morgan fingerprint density at radius 1 is 1.10 bits per heavy atom. The normalized spacial score (nSPS) is 10.1. The summed E-state index contributed by atoms with van der Waals surface area (Å²) in [6.45, 7) is 1.63. The van der Waals surface area contributed by atoms with Gasteiger partial charge in [0.05, 0.1) is 21.3 Å². The van der Waals surface area contributed by atoms with Crippen LogP contribution in [0.2, 0.25) is 0 Å². The minimum absolute atomic E-state index is 0.115. The smallest absolute Gasteiger partial charge is 0.279 e. The average Bonchev–Trinajstić information content (AvgIpc) is 2.92. The number of carbonyl (C=O) groups is 1. The van der Waals surface area contributed by atoms with E-state index in [-0.39, 0.29) is 5.69 Å². The Morgan fingerprint density at radius 2 is 1.71 bits per heavy atom. The lowest BCUT2D eigenvalue weighted by Crippen LogP contribution is -2.14. The third-order valence-electron chi connectivity index (χ3n) is 2.79. The standard InChI is InChI=1S/C13H15N3O5/c1-7-11(16-21-15-7)13(17)14-8-5-9(18-2)12(20-4)10(6-8)19-3/h5-6H,1-4H3,(H,14,17). The van der Waals surface area contributed by atoms with Crippen molar-refractivity contribution in [2.24, 2.45) is 0 Å². The molecule has 0 atom stereocenters. The maximum Gasteiger partial charge on any atom is 0.279 e. The zero-order chi connectivity index (χ0) is 15.4. The summed E-state index contributed by atoms with van der Waals surface area (Å²) >= 11 is 0. The Kier molecular flexibility index (Phi) is 4.27. The maximum atomic E-state index is 12.1. The fourth-order valence-corrected chi connectivity index (χ4v) is 1.78. The molecule has 0 spiro atoms. The number of aryl methyl sites for hydroxylation is 1. The summed E-state index contributed by atoms with van der Waals surface area (Å²) in [7, 11) is 4.49. The molecule has 0 fully saturated rings. The first-order valence-electron chi connectivity index (χ1n) is 6.01. The van der Waals surface area contributed by atoms with Crippen molar-refractivity contribution in [2.75, 3.05) is 26.6 Å². The molecule has 0 aliphatic carbocycles. The molecule has 21 heavy (non-hydrogen) atoms. The number of hydrogen-bond donors (Lipinski definition) is 1. The summed E-state index contributed by atoms with van der Waals surface area (Å²) in [5.74, 6) is 0.865. The van der Waals surface area contributed by atoms with Gasteiger partial charge >= 0.3 is 0 Å². The van der Waals surface area contributed by atoms with Gasteiger partial charge < -0.3 is 19.5 Å². The van der Waals surface area contributed by atoms with E-state index in [9.17, 15) is 4.79 Å². The lowest BCUT2D eigenvalue weighted by Gasteiger charge is -2.14. The Bertz CT molecular complexity index is 628. The number of amides is 1. The number of nitrogens with one attached hydrogen (secondary N) is 1. The second kappa shape index (κ2) is 6.12. The van der Waals surface area contributed by atoms with E-state index in [4.69, 9.17) is 14.2 Å². The van der Waals surface area contributed by atoms with Gasteiger partial charge in [0, 0.05) is 17.8 Å². The molecule has 0 saturated heterocycles. The zero-order valence-corrected chi connectivity index (χ0v) is 12.1. The van der Waals surface area contributed by atoms with Crippen LogP contribution in [-0.2, 0) is 0 Å². The molecule has 0 radical (unpaired) electrons. The number of nitrogens with zero attached hydrogens (tertiary/aromatic N) is 2. The predicted octanol–water partition coefficient (Wildman–Crippen LogP) is 1.66. The summed E-state index contributed by atoms with van der Waals surface area (Å²) in [6.07, 6.45) is 0. The Hall–Kier alpha value is -2.77. The van der Waals surface area contributed by atoms with Crippen molar-refractivity contribution in [2.45, 2.75) is 6.92 Å². The summed E-state index contributed by atoms with van der Waals surface area (Å²) < 4.78 is 20.1. The molecule has 0 unspecified atom stereocenters. The molecule has 2 aromatic rings. The van der Waals surface area contributed by atoms with E-state index in [0.29, 0.717) is 28.6 Å². The van der Waals surface area contributed by atoms with Gasteiger partial charge in [0.25, 0.3) is 5.91 Å². The highest BCUT2D eigenvalue weighted by Gasteiger charge is 2.18. The van der Waals surface area contributed by atoms with Crippen molar-refractivity contribution < 1.29 is 23.6 Å².